The highest BCUT2D eigenvalue weighted by Gasteiger charge is 2.26. The number of thiazole rings is 1. The fourth-order valence-corrected chi connectivity index (χ4v) is 1.99. The molecule has 0 radical (unpaired) electrons. The molecule has 0 atom stereocenters. The first kappa shape index (κ1) is 14.6. The first-order valence-corrected chi connectivity index (χ1v) is 5.87. The molecule has 0 amide bonds. The molecule has 4 nitrogen and oxygen atoms in total. The molecule has 0 saturated heterocycles. The number of azo groups is 1. The monoisotopic (exact) mass is 328 g/mol. The quantitative estimate of drug-likeness (QED) is 0.382. The van der Waals surface area contributed by atoms with E-state index in [1.54, 1.807) is 0 Å². The lowest BCUT2D eigenvalue weighted by Gasteiger charge is -2.02. The fourth-order valence-electron chi connectivity index (χ4n) is 1.15. The molecule has 0 saturated carbocycles. The lowest BCUT2D eigenvalue weighted by Crippen LogP contribution is -2.00. The number of rotatable bonds is 2. The molecule has 1 heterocycles. The molecule has 0 bridgehead atoms. The van der Waals surface area contributed by atoms with Crippen LogP contribution in [0.1, 0.15) is 0 Å². The van der Waals surface area contributed by atoms with E-state index in [4.69, 9.17) is 17.3 Å². The molecule has 2 rings (SSSR count). The third kappa shape index (κ3) is 2.43. The predicted molar refractivity (Wildman–Crippen MR) is 61.9 cm³/mol. The van der Waals surface area contributed by atoms with Crippen molar-refractivity contribution >= 4 is 38.8 Å². The number of hydrogen-bond acceptors (Lipinski definition) is 5. The largest absolute Gasteiger partial charge is 0.375 e. The standard InChI is InChI=1S/C9H2ClF5N4S/c10-7-8(20-9(16)17-7)19-18-6-4(14)2(12)1(11)3(13)5(6)15/h(H2,16,17). The first-order chi connectivity index (χ1) is 9.32. The Morgan fingerprint density at radius 1 is 0.900 bits per heavy atom. The molecule has 0 spiro atoms. The maximum atomic E-state index is 13.3. The summed E-state index contributed by atoms with van der Waals surface area (Å²) in [6.07, 6.45) is 0. The zero-order chi connectivity index (χ0) is 15.0. The Labute approximate surface area is 116 Å². The van der Waals surface area contributed by atoms with Gasteiger partial charge in [-0.1, -0.05) is 22.9 Å². The van der Waals surface area contributed by atoms with Crippen LogP contribution in [0, 0.1) is 29.1 Å². The smallest absolute Gasteiger partial charge is 0.200 e. The number of hydrogen-bond donors (Lipinski definition) is 1. The summed E-state index contributed by atoms with van der Waals surface area (Å²) in [7, 11) is 0. The predicted octanol–water partition coefficient (Wildman–Crippen LogP) is 4.49. The summed E-state index contributed by atoms with van der Waals surface area (Å²) < 4.78 is 65.1. The van der Waals surface area contributed by atoms with Crippen LogP contribution in [0.3, 0.4) is 0 Å². The average Bonchev–Trinajstić information content (AvgIpc) is 2.72. The molecule has 0 aliphatic heterocycles. The molecule has 1 aromatic heterocycles. The van der Waals surface area contributed by atoms with Crippen LogP contribution >= 0.6 is 22.9 Å². The fraction of sp³-hybridized carbons (Fsp3) is 0. The van der Waals surface area contributed by atoms with Gasteiger partial charge in [-0.25, -0.2) is 26.9 Å². The Balaban J connectivity index is 2.52. The molecular formula is C9H2ClF5N4S. The van der Waals surface area contributed by atoms with Crippen LogP contribution in [0.15, 0.2) is 10.2 Å². The minimum Gasteiger partial charge on any atom is -0.375 e. The van der Waals surface area contributed by atoms with Gasteiger partial charge in [0, 0.05) is 0 Å². The van der Waals surface area contributed by atoms with Crippen molar-refractivity contribution in [1.29, 1.82) is 0 Å². The van der Waals surface area contributed by atoms with Crippen LogP contribution in [0.2, 0.25) is 5.15 Å². The van der Waals surface area contributed by atoms with E-state index in [-0.39, 0.29) is 15.3 Å². The van der Waals surface area contributed by atoms with Gasteiger partial charge in [0.25, 0.3) is 0 Å². The summed E-state index contributed by atoms with van der Waals surface area (Å²) in [4.78, 5) is 3.53. The van der Waals surface area contributed by atoms with Crippen LogP contribution in [0.25, 0.3) is 0 Å². The molecular weight excluding hydrogens is 327 g/mol. The Morgan fingerprint density at radius 2 is 1.40 bits per heavy atom. The first-order valence-electron chi connectivity index (χ1n) is 4.68. The number of nitrogen functional groups attached to an aromatic ring is 1. The summed E-state index contributed by atoms with van der Waals surface area (Å²) in [6, 6.07) is 0. The molecule has 0 unspecified atom stereocenters. The molecule has 0 aliphatic rings. The highest BCUT2D eigenvalue weighted by Crippen LogP contribution is 2.36. The molecule has 2 aromatic rings. The van der Waals surface area contributed by atoms with Gasteiger partial charge in [0.1, 0.15) is 0 Å². The average molecular weight is 329 g/mol. The van der Waals surface area contributed by atoms with Crippen molar-refractivity contribution in [3.05, 3.63) is 34.2 Å². The second-order valence-corrected chi connectivity index (χ2v) is 4.63. The van der Waals surface area contributed by atoms with Gasteiger partial charge in [-0.2, -0.15) is 0 Å². The zero-order valence-electron chi connectivity index (χ0n) is 9.10. The van der Waals surface area contributed by atoms with Gasteiger partial charge in [0.2, 0.25) is 5.82 Å². The highest BCUT2D eigenvalue weighted by atomic mass is 35.5. The number of nitrogens with two attached hydrogens (primary N) is 1. The molecule has 1 aromatic carbocycles. The molecule has 11 heteroatoms. The van der Waals surface area contributed by atoms with E-state index in [1.165, 1.54) is 0 Å². The Hall–Kier alpha value is -1.81. The van der Waals surface area contributed by atoms with E-state index in [1.807, 2.05) is 0 Å². The molecule has 0 aliphatic carbocycles. The van der Waals surface area contributed by atoms with Gasteiger partial charge < -0.3 is 5.73 Å². The number of nitrogens with zero attached hydrogens (tertiary/aromatic N) is 3. The lowest BCUT2D eigenvalue weighted by molar-refractivity contribution is 0.380. The zero-order valence-corrected chi connectivity index (χ0v) is 10.7. The van der Waals surface area contributed by atoms with Crippen molar-refractivity contribution < 1.29 is 22.0 Å². The summed E-state index contributed by atoms with van der Waals surface area (Å²) in [5.74, 6) is -10.7. The normalized spacial score (nSPS) is 11.5. The highest BCUT2D eigenvalue weighted by molar-refractivity contribution is 7.19. The van der Waals surface area contributed by atoms with Gasteiger partial charge in [0.15, 0.2) is 44.2 Å². The third-order valence-corrected chi connectivity index (χ3v) is 3.16. The summed E-state index contributed by atoms with van der Waals surface area (Å²) >= 11 is 6.27. The van der Waals surface area contributed by atoms with E-state index in [0.29, 0.717) is 0 Å². The SMILES string of the molecule is Nc1nc(Cl)c(N=Nc2c(F)c(F)c(F)c(F)c2F)s1. The van der Waals surface area contributed by atoms with E-state index >= 15 is 0 Å². The minimum absolute atomic E-state index is 0.00126. The van der Waals surface area contributed by atoms with Gasteiger partial charge in [0.05, 0.1) is 0 Å². The van der Waals surface area contributed by atoms with Crippen molar-refractivity contribution in [3.8, 4) is 0 Å². The van der Waals surface area contributed by atoms with Gasteiger partial charge >= 0.3 is 0 Å². The topological polar surface area (TPSA) is 63.6 Å². The van der Waals surface area contributed by atoms with Crippen LogP contribution in [0.4, 0.5) is 37.8 Å². The molecule has 20 heavy (non-hydrogen) atoms. The van der Waals surface area contributed by atoms with Crippen LogP contribution in [0.5, 0.6) is 0 Å². The van der Waals surface area contributed by atoms with E-state index in [2.05, 4.69) is 15.2 Å². The Bertz CT molecular complexity index is 688. The van der Waals surface area contributed by atoms with Gasteiger partial charge in [-0.05, 0) is 0 Å². The van der Waals surface area contributed by atoms with Crippen molar-refractivity contribution in [2.45, 2.75) is 0 Å². The number of anilines is 1. The Kier molecular flexibility index (Phi) is 3.86. The maximum Gasteiger partial charge on any atom is 0.200 e. The van der Waals surface area contributed by atoms with Crippen molar-refractivity contribution in [2.75, 3.05) is 5.73 Å². The minimum atomic E-state index is -2.28. The van der Waals surface area contributed by atoms with E-state index in [9.17, 15) is 22.0 Å². The summed E-state index contributed by atoms with van der Waals surface area (Å²) in [5.41, 5.74) is 3.85. The van der Waals surface area contributed by atoms with Gasteiger partial charge in [-0.3, -0.25) is 0 Å². The van der Waals surface area contributed by atoms with E-state index < -0.39 is 34.8 Å². The van der Waals surface area contributed by atoms with Gasteiger partial charge in [-0.15, -0.1) is 10.2 Å². The second kappa shape index (κ2) is 5.29. The number of benzene rings is 1. The van der Waals surface area contributed by atoms with Crippen molar-refractivity contribution in [2.24, 2.45) is 10.2 Å². The lowest BCUT2D eigenvalue weighted by atomic mass is 10.2. The number of aromatic nitrogens is 1. The maximum absolute atomic E-state index is 13.3. The van der Waals surface area contributed by atoms with Crippen molar-refractivity contribution in [1.82, 2.24) is 4.98 Å². The van der Waals surface area contributed by atoms with E-state index in [0.717, 1.165) is 11.3 Å². The van der Waals surface area contributed by atoms with Crippen LogP contribution in [-0.2, 0) is 0 Å². The third-order valence-electron chi connectivity index (χ3n) is 2.01. The summed E-state index contributed by atoms with van der Waals surface area (Å²) in [6.45, 7) is 0. The molecule has 2 N–H and O–H groups in total. The summed E-state index contributed by atoms with van der Waals surface area (Å²) in [5, 5.41) is 5.90. The molecule has 106 valence electrons. The van der Waals surface area contributed by atoms with Crippen LogP contribution in [-0.4, -0.2) is 4.98 Å². The van der Waals surface area contributed by atoms with Crippen molar-refractivity contribution in [3.63, 3.8) is 0 Å². The second-order valence-electron chi connectivity index (χ2n) is 3.27. The van der Waals surface area contributed by atoms with Crippen LogP contribution < -0.4 is 5.73 Å². The molecule has 0 fully saturated rings. The number of halogens is 6. The Morgan fingerprint density at radius 3 is 1.85 bits per heavy atom.